The molecule has 1 aliphatic rings. The lowest BCUT2D eigenvalue weighted by molar-refractivity contribution is -0.119. The number of amides is 1. The summed E-state index contributed by atoms with van der Waals surface area (Å²) in [5.41, 5.74) is 1.69. The molecule has 0 bridgehead atoms. The highest BCUT2D eigenvalue weighted by Crippen LogP contribution is 2.29. The van der Waals surface area contributed by atoms with Gasteiger partial charge in [-0.1, -0.05) is 32.9 Å². The van der Waals surface area contributed by atoms with E-state index < -0.39 is 28.5 Å². The zero-order chi connectivity index (χ0) is 24.9. The van der Waals surface area contributed by atoms with Crippen molar-refractivity contribution in [3.63, 3.8) is 0 Å². The standard InChI is InChI=1S/C24H30N2O7S/c1-24(2,3)18-6-8-19(9-7-18)25-22(27)16-33-23(28)17-5-10-20(31-4)21(15-17)34(29,30)26-11-13-32-14-12-26/h5-10,15H,11-14,16H2,1-4H3,(H,25,27). The van der Waals surface area contributed by atoms with Crippen LogP contribution in [0.25, 0.3) is 0 Å². The fourth-order valence-electron chi connectivity index (χ4n) is 3.40. The van der Waals surface area contributed by atoms with E-state index in [0.29, 0.717) is 5.69 Å². The Labute approximate surface area is 200 Å². The van der Waals surface area contributed by atoms with E-state index in [4.69, 9.17) is 14.2 Å². The summed E-state index contributed by atoms with van der Waals surface area (Å²) in [7, 11) is -2.55. The number of methoxy groups -OCH3 is 1. The molecule has 0 radical (unpaired) electrons. The molecule has 184 valence electrons. The average Bonchev–Trinajstić information content (AvgIpc) is 2.82. The quantitative estimate of drug-likeness (QED) is 0.594. The molecular weight excluding hydrogens is 460 g/mol. The molecule has 0 aliphatic carbocycles. The second kappa shape index (κ2) is 10.5. The van der Waals surface area contributed by atoms with Crippen molar-refractivity contribution in [1.82, 2.24) is 4.31 Å². The first-order valence-corrected chi connectivity index (χ1v) is 12.3. The molecule has 34 heavy (non-hydrogen) atoms. The van der Waals surface area contributed by atoms with E-state index in [1.165, 1.54) is 29.6 Å². The van der Waals surface area contributed by atoms with Crippen LogP contribution < -0.4 is 10.1 Å². The van der Waals surface area contributed by atoms with Crippen molar-refractivity contribution in [2.24, 2.45) is 0 Å². The maximum atomic E-state index is 13.1. The number of anilines is 1. The van der Waals surface area contributed by atoms with Crippen molar-refractivity contribution in [2.45, 2.75) is 31.1 Å². The normalized spacial score (nSPS) is 14.9. The Kier molecular flexibility index (Phi) is 7.96. The van der Waals surface area contributed by atoms with Gasteiger partial charge in [-0.25, -0.2) is 13.2 Å². The van der Waals surface area contributed by atoms with Gasteiger partial charge in [0, 0.05) is 18.8 Å². The van der Waals surface area contributed by atoms with Crippen LogP contribution in [0.5, 0.6) is 5.75 Å². The minimum atomic E-state index is -3.91. The number of morpholine rings is 1. The summed E-state index contributed by atoms with van der Waals surface area (Å²) >= 11 is 0. The number of rotatable bonds is 7. The van der Waals surface area contributed by atoms with E-state index in [9.17, 15) is 18.0 Å². The molecule has 0 saturated carbocycles. The van der Waals surface area contributed by atoms with Gasteiger partial charge >= 0.3 is 5.97 Å². The summed E-state index contributed by atoms with van der Waals surface area (Å²) in [4.78, 5) is 24.6. The molecule has 0 spiro atoms. The van der Waals surface area contributed by atoms with Crippen molar-refractivity contribution in [1.29, 1.82) is 0 Å². The first kappa shape index (κ1) is 25.7. The van der Waals surface area contributed by atoms with Crippen LogP contribution in [0.1, 0.15) is 36.7 Å². The van der Waals surface area contributed by atoms with Crippen molar-refractivity contribution >= 4 is 27.6 Å². The van der Waals surface area contributed by atoms with E-state index >= 15 is 0 Å². The maximum absolute atomic E-state index is 13.1. The van der Waals surface area contributed by atoms with Gasteiger partial charge in [-0.05, 0) is 41.3 Å². The molecule has 10 heteroatoms. The molecule has 1 saturated heterocycles. The van der Waals surface area contributed by atoms with Gasteiger partial charge in [0.2, 0.25) is 10.0 Å². The van der Waals surface area contributed by atoms with Crippen LogP contribution in [-0.4, -0.2) is 64.6 Å². The predicted molar refractivity (Wildman–Crippen MR) is 127 cm³/mol. The van der Waals surface area contributed by atoms with Crippen molar-refractivity contribution in [2.75, 3.05) is 45.3 Å². The Balaban J connectivity index is 1.66. The number of hydrogen-bond acceptors (Lipinski definition) is 7. The minimum absolute atomic E-state index is 0.00466. The van der Waals surface area contributed by atoms with Crippen LogP contribution in [0.15, 0.2) is 47.4 Å². The van der Waals surface area contributed by atoms with Gasteiger partial charge in [-0.2, -0.15) is 4.31 Å². The van der Waals surface area contributed by atoms with Crippen LogP contribution in [0.2, 0.25) is 0 Å². The van der Waals surface area contributed by atoms with Crippen molar-refractivity contribution in [3.05, 3.63) is 53.6 Å². The molecule has 1 fully saturated rings. The number of hydrogen-bond donors (Lipinski definition) is 1. The highest BCUT2D eigenvalue weighted by molar-refractivity contribution is 7.89. The third-order valence-corrected chi connectivity index (χ3v) is 7.28. The third-order valence-electron chi connectivity index (χ3n) is 5.36. The first-order valence-electron chi connectivity index (χ1n) is 10.9. The Morgan fingerprint density at radius 1 is 1.06 bits per heavy atom. The molecule has 1 aliphatic heterocycles. The van der Waals surface area contributed by atoms with Gasteiger partial charge in [-0.15, -0.1) is 0 Å². The third kappa shape index (κ3) is 6.13. The molecule has 3 rings (SSSR count). The smallest absolute Gasteiger partial charge is 0.338 e. The SMILES string of the molecule is COc1ccc(C(=O)OCC(=O)Nc2ccc(C(C)(C)C)cc2)cc1S(=O)(=O)N1CCOCC1. The van der Waals surface area contributed by atoms with E-state index in [2.05, 4.69) is 26.1 Å². The number of benzene rings is 2. The van der Waals surface area contributed by atoms with Crippen molar-refractivity contribution < 1.29 is 32.2 Å². The number of carbonyl (C=O) groups excluding carboxylic acids is 2. The number of sulfonamides is 1. The average molecular weight is 491 g/mol. The Morgan fingerprint density at radius 3 is 2.29 bits per heavy atom. The Hall–Kier alpha value is -2.95. The number of esters is 1. The number of nitrogens with zero attached hydrogens (tertiary/aromatic N) is 1. The molecule has 0 aromatic heterocycles. The predicted octanol–water partition coefficient (Wildman–Crippen LogP) is 2.81. The summed E-state index contributed by atoms with van der Waals surface area (Å²) in [5, 5.41) is 2.67. The zero-order valence-corrected chi connectivity index (χ0v) is 20.6. The van der Waals surface area contributed by atoms with Crippen molar-refractivity contribution in [3.8, 4) is 5.75 Å². The fraction of sp³-hybridized carbons (Fsp3) is 0.417. The molecule has 0 atom stereocenters. The lowest BCUT2D eigenvalue weighted by atomic mass is 9.87. The molecular formula is C24H30N2O7S. The molecule has 1 amide bonds. The maximum Gasteiger partial charge on any atom is 0.338 e. The summed E-state index contributed by atoms with van der Waals surface area (Å²) < 4.78 is 42.9. The summed E-state index contributed by atoms with van der Waals surface area (Å²) in [6, 6.07) is 11.4. The van der Waals surface area contributed by atoms with Crippen LogP contribution in [0.4, 0.5) is 5.69 Å². The molecule has 1 heterocycles. The first-order chi connectivity index (χ1) is 16.0. The lowest BCUT2D eigenvalue weighted by Crippen LogP contribution is -2.40. The minimum Gasteiger partial charge on any atom is -0.495 e. The van der Waals surface area contributed by atoms with Crippen LogP contribution in [0, 0.1) is 0 Å². The van der Waals surface area contributed by atoms with E-state index in [1.54, 1.807) is 12.1 Å². The van der Waals surface area contributed by atoms with E-state index in [-0.39, 0.29) is 47.9 Å². The lowest BCUT2D eigenvalue weighted by Gasteiger charge is -2.26. The largest absolute Gasteiger partial charge is 0.495 e. The fourth-order valence-corrected chi connectivity index (χ4v) is 4.99. The number of carbonyl (C=O) groups is 2. The van der Waals surface area contributed by atoms with Crippen LogP contribution in [0.3, 0.4) is 0 Å². The van der Waals surface area contributed by atoms with Gasteiger partial charge in [0.15, 0.2) is 6.61 Å². The summed E-state index contributed by atoms with van der Waals surface area (Å²) in [5.74, 6) is -1.22. The Bertz CT molecular complexity index is 1130. The van der Waals surface area contributed by atoms with Crippen LogP contribution in [-0.2, 0) is 29.7 Å². The molecule has 1 N–H and O–H groups in total. The second-order valence-electron chi connectivity index (χ2n) is 8.83. The highest BCUT2D eigenvalue weighted by atomic mass is 32.2. The Morgan fingerprint density at radius 2 is 1.71 bits per heavy atom. The van der Waals surface area contributed by atoms with Gasteiger partial charge in [0.1, 0.15) is 10.6 Å². The zero-order valence-electron chi connectivity index (χ0n) is 19.8. The van der Waals surface area contributed by atoms with E-state index in [1.807, 2.05) is 12.1 Å². The topological polar surface area (TPSA) is 111 Å². The highest BCUT2D eigenvalue weighted by Gasteiger charge is 2.30. The number of nitrogens with one attached hydrogen (secondary N) is 1. The molecule has 9 nitrogen and oxygen atoms in total. The summed E-state index contributed by atoms with van der Waals surface area (Å²) in [6.07, 6.45) is 0. The van der Waals surface area contributed by atoms with Gasteiger partial charge in [-0.3, -0.25) is 4.79 Å². The molecule has 2 aromatic rings. The second-order valence-corrected chi connectivity index (χ2v) is 10.7. The van der Waals surface area contributed by atoms with Gasteiger partial charge in [0.05, 0.1) is 25.9 Å². The summed E-state index contributed by atoms with van der Waals surface area (Å²) in [6.45, 7) is 6.75. The van der Waals surface area contributed by atoms with Crippen LogP contribution >= 0.6 is 0 Å². The van der Waals surface area contributed by atoms with E-state index in [0.717, 1.165) is 5.56 Å². The molecule has 0 unspecified atom stereocenters. The van der Waals surface area contributed by atoms with Gasteiger partial charge in [0.25, 0.3) is 5.91 Å². The monoisotopic (exact) mass is 490 g/mol. The van der Waals surface area contributed by atoms with Gasteiger partial charge < -0.3 is 19.5 Å². The molecule has 2 aromatic carbocycles. The number of ether oxygens (including phenoxy) is 3.